The van der Waals surface area contributed by atoms with Gasteiger partial charge in [-0.1, -0.05) is 30.7 Å². The number of rotatable bonds is 0. The Kier molecular flexibility index (Phi) is 1.44. The van der Waals surface area contributed by atoms with E-state index in [0.717, 1.165) is 6.42 Å². The van der Waals surface area contributed by atoms with Crippen molar-refractivity contribution < 1.29 is 4.79 Å². The summed E-state index contributed by atoms with van der Waals surface area (Å²) in [4.78, 5) is 12.3. The number of allylic oxidation sites excluding steroid dienone is 4. The van der Waals surface area contributed by atoms with Gasteiger partial charge in [0.05, 0.1) is 5.41 Å². The number of hydrogen-bond donors (Lipinski definition) is 0. The average Bonchev–Trinajstić information content (AvgIpc) is 2.56. The van der Waals surface area contributed by atoms with Crippen LogP contribution in [-0.2, 0) is 4.79 Å². The van der Waals surface area contributed by atoms with Gasteiger partial charge in [-0.3, -0.25) is 4.79 Å². The zero-order valence-corrected chi connectivity index (χ0v) is 8.79. The van der Waals surface area contributed by atoms with Crippen LogP contribution in [-0.4, -0.2) is 5.78 Å². The first-order valence-electron chi connectivity index (χ1n) is 5.55. The highest BCUT2D eigenvalue weighted by Gasteiger charge is 2.55. The summed E-state index contributed by atoms with van der Waals surface area (Å²) < 4.78 is 0. The highest BCUT2D eigenvalue weighted by molar-refractivity contribution is 5.93. The van der Waals surface area contributed by atoms with E-state index in [4.69, 9.17) is 0 Å². The van der Waals surface area contributed by atoms with Gasteiger partial charge in [0.15, 0.2) is 0 Å². The fourth-order valence-corrected chi connectivity index (χ4v) is 3.74. The second-order valence-corrected chi connectivity index (χ2v) is 5.16. The van der Waals surface area contributed by atoms with Crippen molar-refractivity contribution in [1.29, 1.82) is 0 Å². The van der Waals surface area contributed by atoms with E-state index in [1.165, 1.54) is 12.0 Å². The van der Waals surface area contributed by atoms with Crippen LogP contribution in [0.25, 0.3) is 0 Å². The first-order valence-corrected chi connectivity index (χ1v) is 5.55. The van der Waals surface area contributed by atoms with Crippen LogP contribution in [0.2, 0.25) is 0 Å². The second-order valence-electron chi connectivity index (χ2n) is 5.16. The number of hydrogen-bond acceptors (Lipinski definition) is 1. The Balaban J connectivity index is 2.18. The van der Waals surface area contributed by atoms with Gasteiger partial charge < -0.3 is 0 Å². The second kappa shape index (κ2) is 2.39. The lowest BCUT2D eigenvalue weighted by atomic mass is 9.53. The molecule has 1 nitrogen and oxygen atoms in total. The molecule has 2 bridgehead atoms. The summed E-state index contributed by atoms with van der Waals surface area (Å²) in [6, 6.07) is 0. The molecule has 0 aromatic carbocycles. The summed E-state index contributed by atoms with van der Waals surface area (Å²) in [5, 5.41) is 0. The molecule has 0 aromatic heterocycles. The molecule has 74 valence electrons. The summed E-state index contributed by atoms with van der Waals surface area (Å²) in [6.45, 7) is 4.31. The van der Waals surface area contributed by atoms with E-state index in [-0.39, 0.29) is 11.3 Å². The molecule has 0 aliphatic heterocycles. The van der Waals surface area contributed by atoms with E-state index in [1.54, 1.807) is 0 Å². The minimum absolute atomic E-state index is 0.113. The number of carbonyl (C=O) groups excluding carboxylic acids is 1. The van der Waals surface area contributed by atoms with Crippen LogP contribution in [0.4, 0.5) is 0 Å². The molecule has 1 saturated carbocycles. The normalized spacial score (nSPS) is 49.4. The Morgan fingerprint density at radius 3 is 3.07 bits per heavy atom. The lowest BCUT2D eigenvalue weighted by molar-refractivity contribution is -0.137. The molecule has 4 rings (SSSR count). The maximum absolute atomic E-state index is 12.3. The third kappa shape index (κ3) is 0.749. The molecule has 1 unspecified atom stereocenters. The van der Waals surface area contributed by atoms with Crippen molar-refractivity contribution >= 4 is 5.78 Å². The maximum atomic E-state index is 12.3. The van der Waals surface area contributed by atoms with Crippen molar-refractivity contribution in [2.75, 3.05) is 0 Å². The van der Waals surface area contributed by atoms with Crippen LogP contribution in [0.15, 0.2) is 23.8 Å². The fourth-order valence-electron chi connectivity index (χ4n) is 3.74. The van der Waals surface area contributed by atoms with Crippen molar-refractivity contribution in [3.63, 3.8) is 0 Å². The van der Waals surface area contributed by atoms with Crippen LogP contribution >= 0.6 is 0 Å². The van der Waals surface area contributed by atoms with Crippen molar-refractivity contribution in [2.45, 2.75) is 26.7 Å². The topological polar surface area (TPSA) is 17.1 Å². The van der Waals surface area contributed by atoms with Gasteiger partial charge in [-0.2, -0.15) is 0 Å². The zero-order valence-electron chi connectivity index (χ0n) is 8.79. The fraction of sp³-hybridized carbons (Fsp3) is 0.615. The molecule has 0 radical (unpaired) electrons. The molecule has 14 heavy (non-hydrogen) atoms. The largest absolute Gasteiger partial charge is 0.298 e. The van der Waals surface area contributed by atoms with Crippen molar-refractivity contribution in [3.05, 3.63) is 23.8 Å². The minimum Gasteiger partial charge on any atom is -0.298 e. The molecule has 0 aromatic rings. The average molecular weight is 188 g/mol. The molecule has 1 fully saturated rings. The predicted molar refractivity (Wildman–Crippen MR) is 55.7 cm³/mol. The van der Waals surface area contributed by atoms with E-state index in [0.29, 0.717) is 17.6 Å². The Bertz CT molecular complexity index is 363. The van der Waals surface area contributed by atoms with Crippen LogP contribution in [0.1, 0.15) is 26.7 Å². The number of fused-ring (bicyclic) bond motifs is 1. The molecule has 0 saturated heterocycles. The van der Waals surface area contributed by atoms with Crippen LogP contribution in [0.3, 0.4) is 0 Å². The minimum atomic E-state index is -0.113. The van der Waals surface area contributed by atoms with Gasteiger partial charge in [0.2, 0.25) is 0 Å². The van der Waals surface area contributed by atoms with Crippen LogP contribution < -0.4 is 0 Å². The van der Waals surface area contributed by atoms with E-state index < -0.39 is 0 Å². The van der Waals surface area contributed by atoms with E-state index in [1.807, 2.05) is 0 Å². The molecule has 4 atom stereocenters. The van der Waals surface area contributed by atoms with Gasteiger partial charge in [-0.15, -0.1) is 0 Å². The quantitative estimate of drug-likeness (QED) is 0.534. The van der Waals surface area contributed by atoms with Gasteiger partial charge in [-0.05, 0) is 31.6 Å². The molecule has 4 aliphatic rings. The van der Waals surface area contributed by atoms with Crippen LogP contribution in [0, 0.1) is 23.2 Å². The zero-order chi connectivity index (χ0) is 9.92. The Labute approximate surface area is 84.9 Å². The maximum Gasteiger partial charge on any atom is 0.147 e. The molecule has 0 heterocycles. The first-order chi connectivity index (χ1) is 6.65. The number of carbonyl (C=O) groups is 1. The van der Waals surface area contributed by atoms with Crippen molar-refractivity contribution in [1.82, 2.24) is 0 Å². The van der Waals surface area contributed by atoms with Gasteiger partial charge in [0.25, 0.3) is 0 Å². The highest BCUT2D eigenvalue weighted by atomic mass is 16.1. The van der Waals surface area contributed by atoms with E-state index in [9.17, 15) is 4.79 Å². The first kappa shape index (κ1) is 8.46. The Morgan fingerprint density at radius 2 is 2.29 bits per heavy atom. The van der Waals surface area contributed by atoms with E-state index >= 15 is 0 Å². The monoisotopic (exact) mass is 188 g/mol. The van der Waals surface area contributed by atoms with E-state index in [2.05, 4.69) is 32.1 Å². The van der Waals surface area contributed by atoms with Crippen LogP contribution in [0.5, 0.6) is 0 Å². The summed E-state index contributed by atoms with van der Waals surface area (Å²) in [6.07, 6.45) is 8.89. The van der Waals surface area contributed by atoms with Gasteiger partial charge in [0, 0.05) is 5.92 Å². The predicted octanol–water partition coefficient (Wildman–Crippen LogP) is 2.73. The van der Waals surface area contributed by atoms with Gasteiger partial charge in [0.1, 0.15) is 5.78 Å². The summed E-state index contributed by atoms with van der Waals surface area (Å²) in [7, 11) is 0. The third-order valence-electron chi connectivity index (χ3n) is 4.54. The molecule has 1 spiro atoms. The van der Waals surface area contributed by atoms with Crippen molar-refractivity contribution in [2.24, 2.45) is 23.2 Å². The molecule has 0 amide bonds. The highest BCUT2D eigenvalue weighted by Crippen LogP contribution is 2.57. The molecular formula is C13H16O. The molecule has 1 heteroatoms. The Morgan fingerprint density at radius 1 is 1.50 bits per heavy atom. The summed E-state index contributed by atoms with van der Waals surface area (Å²) in [5.74, 6) is 1.79. The van der Waals surface area contributed by atoms with Gasteiger partial charge in [-0.25, -0.2) is 0 Å². The number of Topliss-reactive ketones (excluding diaryl/α,β-unsaturated/α-hetero) is 1. The lowest BCUT2D eigenvalue weighted by Gasteiger charge is -2.48. The summed E-state index contributed by atoms with van der Waals surface area (Å²) in [5.41, 5.74) is 1.34. The Hall–Kier alpha value is -0.850. The molecule has 0 N–H and O–H groups in total. The standard InChI is InChI=1S/C13H16O/c1-8-7-13-5-3-4-10(13)6-11(8)9(2)12(13)14/h3-4,7,9-11H,5-6H2,1-2H3/t9?,10-,11-,13-/m0/s1. The smallest absolute Gasteiger partial charge is 0.147 e. The van der Waals surface area contributed by atoms with Crippen molar-refractivity contribution in [3.8, 4) is 0 Å². The number of ketones is 1. The molecular weight excluding hydrogens is 172 g/mol. The summed E-state index contributed by atoms with van der Waals surface area (Å²) >= 11 is 0. The lowest BCUT2D eigenvalue weighted by Crippen LogP contribution is -2.49. The van der Waals surface area contributed by atoms with Gasteiger partial charge >= 0.3 is 0 Å². The molecule has 4 aliphatic carbocycles. The third-order valence-corrected chi connectivity index (χ3v) is 4.54. The SMILES string of the molecule is CC1=C[C@@]23CC=C[C@H]2C[C@@H]1C(C)C3=O.